The second-order valence-corrected chi connectivity index (χ2v) is 7.39. The molecule has 1 fully saturated rings. The van der Waals surface area contributed by atoms with Gasteiger partial charge in [0.2, 0.25) is 5.91 Å². The quantitative estimate of drug-likeness (QED) is 0.814. The number of hydrazine groups is 1. The SMILES string of the molecule is CCCOc1ccc(C(N2NC(=O)CC2(C)C)C(F)(F)F)c2ccccc12. The summed E-state index contributed by atoms with van der Waals surface area (Å²) in [4.78, 5) is 11.8. The van der Waals surface area contributed by atoms with Crippen molar-refractivity contribution in [3.8, 4) is 5.75 Å². The van der Waals surface area contributed by atoms with E-state index < -0.39 is 23.7 Å². The van der Waals surface area contributed by atoms with Crippen molar-refractivity contribution in [2.24, 2.45) is 0 Å². The largest absolute Gasteiger partial charge is 0.493 e. The van der Waals surface area contributed by atoms with E-state index in [0.29, 0.717) is 23.1 Å². The van der Waals surface area contributed by atoms with E-state index in [1.807, 2.05) is 6.92 Å². The van der Waals surface area contributed by atoms with Crippen LogP contribution in [0.5, 0.6) is 5.75 Å². The van der Waals surface area contributed by atoms with Crippen LogP contribution in [-0.2, 0) is 4.79 Å². The van der Waals surface area contributed by atoms with E-state index in [4.69, 9.17) is 4.74 Å². The zero-order chi connectivity index (χ0) is 19.8. The molecule has 0 aliphatic carbocycles. The topological polar surface area (TPSA) is 41.6 Å². The van der Waals surface area contributed by atoms with E-state index >= 15 is 0 Å². The Labute approximate surface area is 156 Å². The summed E-state index contributed by atoms with van der Waals surface area (Å²) in [5, 5.41) is 2.12. The van der Waals surface area contributed by atoms with Crippen LogP contribution in [0.1, 0.15) is 45.2 Å². The number of hydrogen-bond acceptors (Lipinski definition) is 3. The molecule has 1 heterocycles. The fourth-order valence-electron chi connectivity index (χ4n) is 3.55. The zero-order valence-corrected chi connectivity index (χ0v) is 15.6. The number of fused-ring (bicyclic) bond motifs is 1. The molecular formula is C20H23F3N2O2. The van der Waals surface area contributed by atoms with Gasteiger partial charge in [-0.3, -0.25) is 10.2 Å². The Morgan fingerprint density at radius 3 is 2.41 bits per heavy atom. The number of carbonyl (C=O) groups excluding carboxylic acids is 1. The predicted octanol–water partition coefficient (Wildman–Crippen LogP) is 4.75. The molecule has 0 spiro atoms. The molecule has 0 saturated carbocycles. The minimum absolute atomic E-state index is 0.00913. The third kappa shape index (κ3) is 3.74. The van der Waals surface area contributed by atoms with E-state index in [1.165, 1.54) is 6.07 Å². The van der Waals surface area contributed by atoms with Gasteiger partial charge in [0, 0.05) is 17.3 Å². The van der Waals surface area contributed by atoms with Crippen molar-refractivity contribution in [2.75, 3.05) is 6.61 Å². The standard InChI is InChI=1S/C20H23F3N2O2/c1-4-11-27-16-10-9-15(13-7-5-6-8-14(13)16)18(20(21,22)23)25-19(2,3)12-17(26)24-25/h5-10,18H,4,11-12H2,1-3H3,(H,24,26). The highest BCUT2D eigenvalue weighted by Crippen LogP contribution is 2.45. The smallest absolute Gasteiger partial charge is 0.409 e. The number of nitrogens with zero attached hydrogens (tertiary/aromatic N) is 1. The van der Waals surface area contributed by atoms with Gasteiger partial charge in [-0.15, -0.1) is 0 Å². The summed E-state index contributed by atoms with van der Waals surface area (Å²) in [7, 11) is 0. The Kier molecular flexibility index (Phi) is 5.08. The van der Waals surface area contributed by atoms with Crippen molar-refractivity contribution >= 4 is 16.7 Å². The highest BCUT2D eigenvalue weighted by Gasteiger charge is 2.53. The average molecular weight is 380 g/mol. The van der Waals surface area contributed by atoms with Crippen molar-refractivity contribution in [3.63, 3.8) is 0 Å². The molecule has 3 rings (SSSR count). The van der Waals surface area contributed by atoms with Gasteiger partial charge in [0.15, 0.2) is 6.04 Å². The molecule has 1 N–H and O–H groups in total. The fourth-order valence-corrected chi connectivity index (χ4v) is 3.55. The molecule has 2 aromatic carbocycles. The Balaban J connectivity index is 2.16. The molecule has 27 heavy (non-hydrogen) atoms. The number of benzene rings is 2. The van der Waals surface area contributed by atoms with Gasteiger partial charge in [0.1, 0.15) is 5.75 Å². The molecule has 146 valence electrons. The minimum atomic E-state index is -4.57. The normalized spacial score (nSPS) is 18.5. The van der Waals surface area contributed by atoms with Crippen LogP contribution in [-0.4, -0.2) is 29.2 Å². The first-order chi connectivity index (χ1) is 12.6. The van der Waals surface area contributed by atoms with Gasteiger partial charge in [-0.2, -0.15) is 18.2 Å². The molecule has 1 aliphatic rings. The molecule has 4 nitrogen and oxygen atoms in total. The van der Waals surface area contributed by atoms with E-state index in [-0.39, 0.29) is 12.0 Å². The van der Waals surface area contributed by atoms with Crippen molar-refractivity contribution in [2.45, 2.75) is 51.4 Å². The van der Waals surface area contributed by atoms with E-state index in [0.717, 1.165) is 11.4 Å². The Morgan fingerprint density at radius 2 is 1.85 bits per heavy atom. The number of alkyl halides is 3. The molecule has 7 heteroatoms. The monoisotopic (exact) mass is 380 g/mol. The maximum atomic E-state index is 14.1. The number of hydrogen-bond donors (Lipinski definition) is 1. The van der Waals surface area contributed by atoms with Crippen LogP contribution in [0.25, 0.3) is 10.8 Å². The summed E-state index contributed by atoms with van der Waals surface area (Å²) < 4.78 is 48.1. The van der Waals surface area contributed by atoms with Crippen LogP contribution < -0.4 is 10.2 Å². The first kappa shape index (κ1) is 19.5. The summed E-state index contributed by atoms with van der Waals surface area (Å²) in [6, 6.07) is 7.97. The first-order valence-electron chi connectivity index (χ1n) is 8.95. The van der Waals surface area contributed by atoms with Gasteiger partial charge in [0.05, 0.1) is 6.61 Å². The van der Waals surface area contributed by atoms with E-state index in [1.54, 1.807) is 44.2 Å². The van der Waals surface area contributed by atoms with Crippen molar-refractivity contribution in [1.82, 2.24) is 10.4 Å². The molecule has 2 aromatic rings. The summed E-state index contributed by atoms with van der Waals surface area (Å²) in [5.74, 6) is 0.142. The highest BCUT2D eigenvalue weighted by atomic mass is 19.4. The van der Waals surface area contributed by atoms with Crippen molar-refractivity contribution < 1.29 is 22.7 Å². The second-order valence-electron chi connectivity index (χ2n) is 7.39. The number of carbonyl (C=O) groups is 1. The number of ether oxygens (including phenoxy) is 1. The molecular weight excluding hydrogens is 357 g/mol. The van der Waals surface area contributed by atoms with E-state index in [2.05, 4.69) is 5.43 Å². The molecule has 0 radical (unpaired) electrons. The summed E-state index contributed by atoms with van der Waals surface area (Å²) in [6.07, 6.45) is -3.76. The summed E-state index contributed by atoms with van der Waals surface area (Å²) in [6.45, 7) is 5.71. The van der Waals surface area contributed by atoms with Gasteiger partial charge < -0.3 is 4.74 Å². The molecule has 1 amide bonds. The maximum Gasteiger partial charge on any atom is 0.409 e. The molecule has 0 bridgehead atoms. The van der Waals surface area contributed by atoms with Gasteiger partial charge in [-0.05, 0) is 37.3 Å². The van der Waals surface area contributed by atoms with Gasteiger partial charge in [-0.1, -0.05) is 37.3 Å². The average Bonchev–Trinajstić information content (AvgIpc) is 2.85. The molecule has 1 saturated heterocycles. The van der Waals surface area contributed by atoms with Crippen LogP contribution in [0.3, 0.4) is 0 Å². The number of rotatable bonds is 5. The van der Waals surface area contributed by atoms with Crippen molar-refractivity contribution in [1.29, 1.82) is 0 Å². The second kappa shape index (κ2) is 7.03. The molecule has 0 aromatic heterocycles. The third-order valence-electron chi connectivity index (χ3n) is 4.73. The number of nitrogens with one attached hydrogen (secondary N) is 1. The summed E-state index contributed by atoms with van der Waals surface area (Å²) >= 11 is 0. The van der Waals surface area contributed by atoms with Gasteiger partial charge >= 0.3 is 6.18 Å². The number of halogens is 3. The van der Waals surface area contributed by atoms with Crippen LogP contribution in [0.2, 0.25) is 0 Å². The Bertz CT molecular complexity index is 849. The highest BCUT2D eigenvalue weighted by molar-refractivity contribution is 5.91. The number of amides is 1. The predicted molar refractivity (Wildman–Crippen MR) is 97.2 cm³/mol. The van der Waals surface area contributed by atoms with Crippen LogP contribution >= 0.6 is 0 Å². The fraction of sp³-hybridized carbons (Fsp3) is 0.450. The Hall–Kier alpha value is -2.28. The lowest BCUT2D eigenvalue weighted by atomic mass is 9.93. The maximum absolute atomic E-state index is 14.1. The van der Waals surface area contributed by atoms with Gasteiger partial charge in [0.25, 0.3) is 0 Å². The summed E-state index contributed by atoms with van der Waals surface area (Å²) in [5.41, 5.74) is 1.54. The lowest BCUT2D eigenvalue weighted by molar-refractivity contribution is -0.203. The van der Waals surface area contributed by atoms with Gasteiger partial charge in [-0.25, -0.2) is 0 Å². The molecule has 1 atom stereocenters. The van der Waals surface area contributed by atoms with E-state index in [9.17, 15) is 18.0 Å². The first-order valence-corrected chi connectivity index (χ1v) is 8.95. The molecule has 1 aliphatic heterocycles. The van der Waals surface area contributed by atoms with Crippen LogP contribution in [0.4, 0.5) is 13.2 Å². The van der Waals surface area contributed by atoms with Crippen LogP contribution in [0.15, 0.2) is 36.4 Å². The lowest BCUT2D eigenvalue weighted by Crippen LogP contribution is -2.51. The molecule has 1 unspecified atom stereocenters. The Morgan fingerprint density at radius 1 is 1.19 bits per heavy atom. The third-order valence-corrected chi connectivity index (χ3v) is 4.73. The zero-order valence-electron chi connectivity index (χ0n) is 15.6. The van der Waals surface area contributed by atoms with Crippen molar-refractivity contribution in [3.05, 3.63) is 42.0 Å². The lowest BCUT2D eigenvalue weighted by Gasteiger charge is -2.38. The van der Waals surface area contributed by atoms with Crippen LogP contribution in [0, 0.1) is 0 Å². The minimum Gasteiger partial charge on any atom is -0.493 e.